The van der Waals surface area contributed by atoms with Gasteiger partial charge in [-0.1, -0.05) is 18.2 Å². The Morgan fingerprint density at radius 3 is 2.74 bits per heavy atom. The number of amides is 3. The van der Waals surface area contributed by atoms with Gasteiger partial charge in [-0.25, -0.2) is 9.18 Å². The lowest BCUT2D eigenvalue weighted by Crippen LogP contribution is -2.36. The van der Waals surface area contributed by atoms with E-state index in [0.717, 1.165) is 10.4 Å². The quantitative estimate of drug-likeness (QED) is 0.725. The van der Waals surface area contributed by atoms with Crippen molar-refractivity contribution < 1.29 is 14.0 Å². The van der Waals surface area contributed by atoms with E-state index in [1.807, 2.05) is 17.5 Å². The van der Waals surface area contributed by atoms with Crippen LogP contribution in [0.1, 0.15) is 22.9 Å². The number of carbonyl (C=O) groups is 2. The molecule has 1 unspecified atom stereocenters. The summed E-state index contributed by atoms with van der Waals surface area (Å²) in [5.74, 6) is -0.495. The maximum Gasteiger partial charge on any atom is 0.312 e. The molecule has 0 fully saturated rings. The number of nitrogens with two attached hydrogens (primary N) is 1. The third kappa shape index (κ3) is 5.71. The first-order chi connectivity index (χ1) is 11.0. The summed E-state index contributed by atoms with van der Waals surface area (Å²) in [5.41, 5.74) is 5.97. The molecule has 1 heterocycles. The maximum atomic E-state index is 13.1. The molecule has 7 heteroatoms. The van der Waals surface area contributed by atoms with Gasteiger partial charge in [0.05, 0.1) is 12.5 Å². The summed E-state index contributed by atoms with van der Waals surface area (Å²) in [6.45, 7) is 0.399. The third-order valence-electron chi connectivity index (χ3n) is 3.22. The number of carbonyl (C=O) groups excluding carboxylic acids is 2. The predicted molar refractivity (Wildman–Crippen MR) is 87.5 cm³/mol. The molecule has 2 aromatic rings. The highest BCUT2D eigenvalue weighted by Crippen LogP contribution is 2.21. The summed E-state index contributed by atoms with van der Waals surface area (Å²) in [5, 5.41) is 7.20. The van der Waals surface area contributed by atoms with Crippen molar-refractivity contribution >= 4 is 23.3 Å². The highest BCUT2D eigenvalue weighted by molar-refractivity contribution is 7.10. The van der Waals surface area contributed by atoms with Crippen LogP contribution in [0.5, 0.6) is 0 Å². The summed E-state index contributed by atoms with van der Waals surface area (Å²) in [7, 11) is 0. The molecule has 0 radical (unpaired) electrons. The van der Waals surface area contributed by atoms with E-state index in [9.17, 15) is 14.0 Å². The van der Waals surface area contributed by atoms with Crippen molar-refractivity contribution in [3.8, 4) is 0 Å². The van der Waals surface area contributed by atoms with E-state index in [2.05, 4.69) is 10.6 Å². The smallest absolute Gasteiger partial charge is 0.312 e. The van der Waals surface area contributed by atoms with Gasteiger partial charge in [0, 0.05) is 11.4 Å². The summed E-state index contributed by atoms with van der Waals surface area (Å²) < 4.78 is 13.1. The van der Waals surface area contributed by atoms with Crippen LogP contribution in [0.15, 0.2) is 41.8 Å². The molecule has 0 saturated carbocycles. The van der Waals surface area contributed by atoms with Crippen LogP contribution >= 0.6 is 11.3 Å². The molecule has 1 aromatic carbocycles. The van der Waals surface area contributed by atoms with Crippen molar-refractivity contribution in [2.24, 2.45) is 5.73 Å². The monoisotopic (exact) mass is 335 g/mol. The minimum atomic E-state index is -0.670. The molecule has 1 aromatic heterocycles. The van der Waals surface area contributed by atoms with E-state index < -0.39 is 12.1 Å². The van der Waals surface area contributed by atoms with Crippen molar-refractivity contribution in [3.63, 3.8) is 0 Å². The van der Waals surface area contributed by atoms with E-state index in [-0.39, 0.29) is 18.1 Å². The molecule has 0 spiro atoms. The summed E-state index contributed by atoms with van der Waals surface area (Å²) in [6.07, 6.45) is 0.642. The number of urea groups is 1. The summed E-state index contributed by atoms with van der Waals surface area (Å²) >= 11 is 1.45. The maximum absolute atomic E-state index is 13.1. The van der Waals surface area contributed by atoms with Gasteiger partial charge < -0.3 is 16.4 Å². The number of halogens is 1. The first kappa shape index (κ1) is 17.0. The second-order valence-electron chi connectivity index (χ2n) is 5.01. The molecule has 1 atom stereocenters. The Morgan fingerprint density at radius 1 is 1.26 bits per heavy atom. The summed E-state index contributed by atoms with van der Waals surface area (Å²) in [6, 6.07) is 8.83. The van der Waals surface area contributed by atoms with E-state index in [0.29, 0.717) is 13.0 Å². The van der Waals surface area contributed by atoms with Gasteiger partial charge in [0.1, 0.15) is 5.82 Å². The minimum Gasteiger partial charge on any atom is -0.356 e. The Morgan fingerprint density at radius 2 is 2.09 bits per heavy atom. The van der Waals surface area contributed by atoms with E-state index in [4.69, 9.17) is 5.73 Å². The van der Waals surface area contributed by atoms with Gasteiger partial charge in [-0.2, -0.15) is 0 Å². The van der Waals surface area contributed by atoms with Crippen molar-refractivity contribution in [2.45, 2.75) is 18.9 Å². The van der Waals surface area contributed by atoms with Gasteiger partial charge in [-0.15, -0.1) is 11.3 Å². The topological polar surface area (TPSA) is 84.2 Å². The molecular weight excluding hydrogens is 317 g/mol. The molecule has 4 N–H and O–H groups in total. The lowest BCUT2D eigenvalue weighted by molar-refractivity contribution is -0.121. The Labute approximate surface area is 137 Å². The van der Waals surface area contributed by atoms with Crippen LogP contribution in [-0.4, -0.2) is 18.5 Å². The molecule has 0 aliphatic carbocycles. The molecule has 23 heavy (non-hydrogen) atoms. The SMILES string of the molecule is NC(=O)NC(CC(=O)NCCc1cccc(F)c1)c1cccs1. The zero-order valence-electron chi connectivity index (χ0n) is 12.4. The molecular formula is C16H18FN3O2S. The van der Waals surface area contributed by atoms with Crippen LogP contribution in [-0.2, 0) is 11.2 Å². The van der Waals surface area contributed by atoms with Crippen LogP contribution in [0.25, 0.3) is 0 Å². The lowest BCUT2D eigenvalue weighted by atomic mass is 10.1. The first-order valence-corrected chi connectivity index (χ1v) is 8.03. The number of rotatable bonds is 7. The molecule has 0 aliphatic rings. The summed E-state index contributed by atoms with van der Waals surface area (Å²) in [4.78, 5) is 23.9. The molecule has 3 amide bonds. The number of nitrogens with one attached hydrogen (secondary N) is 2. The molecule has 0 bridgehead atoms. The fraction of sp³-hybridized carbons (Fsp3) is 0.250. The van der Waals surface area contributed by atoms with Crippen LogP contribution in [0.2, 0.25) is 0 Å². The Hall–Kier alpha value is -2.41. The fourth-order valence-electron chi connectivity index (χ4n) is 2.18. The highest BCUT2D eigenvalue weighted by atomic mass is 32.1. The first-order valence-electron chi connectivity index (χ1n) is 7.15. The molecule has 0 aliphatic heterocycles. The van der Waals surface area contributed by atoms with Crippen molar-refractivity contribution in [1.82, 2.24) is 10.6 Å². The number of hydrogen-bond acceptors (Lipinski definition) is 3. The second-order valence-corrected chi connectivity index (χ2v) is 5.99. The van der Waals surface area contributed by atoms with Crippen molar-refractivity contribution in [3.05, 3.63) is 58.0 Å². The standard InChI is InChI=1S/C16H18FN3O2S/c17-12-4-1-3-11(9-12)6-7-19-15(21)10-13(20-16(18)22)14-5-2-8-23-14/h1-5,8-9,13H,6-7,10H2,(H,19,21)(H3,18,20,22). The van der Waals surface area contributed by atoms with Gasteiger partial charge >= 0.3 is 6.03 Å². The predicted octanol–water partition coefficient (Wildman–Crippen LogP) is 2.35. The zero-order chi connectivity index (χ0) is 16.7. The number of primary amides is 1. The molecule has 5 nitrogen and oxygen atoms in total. The third-order valence-corrected chi connectivity index (χ3v) is 4.20. The average molecular weight is 335 g/mol. The molecule has 2 rings (SSSR count). The van der Waals surface area contributed by atoms with Crippen molar-refractivity contribution in [1.29, 1.82) is 0 Å². The van der Waals surface area contributed by atoms with E-state index in [1.165, 1.54) is 23.5 Å². The lowest BCUT2D eigenvalue weighted by Gasteiger charge is -2.15. The fourth-order valence-corrected chi connectivity index (χ4v) is 2.96. The van der Waals surface area contributed by atoms with Crippen molar-refractivity contribution in [2.75, 3.05) is 6.54 Å². The zero-order valence-corrected chi connectivity index (χ0v) is 13.2. The Kier molecular flexibility index (Phi) is 6.10. The largest absolute Gasteiger partial charge is 0.356 e. The normalized spacial score (nSPS) is 11.7. The van der Waals surface area contributed by atoms with E-state index >= 15 is 0 Å². The van der Waals surface area contributed by atoms with Gasteiger partial charge in [0.25, 0.3) is 0 Å². The minimum absolute atomic E-state index is 0.104. The Bertz CT molecular complexity index is 661. The van der Waals surface area contributed by atoms with Crippen LogP contribution in [0.3, 0.4) is 0 Å². The van der Waals surface area contributed by atoms with Crippen LogP contribution in [0, 0.1) is 5.82 Å². The highest BCUT2D eigenvalue weighted by Gasteiger charge is 2.18. The number of hydrogen-bond donors (Lipinski definition) is 3. The van der Waals surface area contributed by atoms with E-state index in [1.54, 1.807) is 12.1 Å². The van der Waals surface area contributed by atoms with Crippen LogP contribution < -0.4 is 16.4 Å². The van der Waals surface area contributed by atoms with Gasteiger partial charge in [-0.3, -0.25) is 4.79 Å². The molecule has 0 saturated heterocycles. The van der Waals surface area contributed by atoms with Gasteiger partial charge in [-0.05, 0) is 35.6 Å². The van der Waals surface area contributed by atoms with Crippen LogP contribution in [0.4, 0.5) is 9.18 Å². The van der Waals surface area contributed by atoms with Gasteiger partial charge in [0.15, 0.2) is 0 Å². The van der Waals surface area contributed by atoms with Gasteiger partial charge in [0.2, 0.25) is 5.91 Å². The number of benzene rings is 1. The average Bonchev–Trinajstić information content (AvgIpc) is 3.00. The number of thiophene rings is 1. The second kappa shape index (κ2) is 8.28. The molecule has 122 valence electrons. The Balaban J connectivity index is 1.83.